The van der Waals surface area contributed by atoms with Gasteiger partial charge in [-0.15, -0.1) is 0 Å². The van der Waals surface area contributed by atoms with Crippen LogP contribution in [-0.4, -0.2) is 15.5 Å². The first kappa shape index (κ1) is 14.9. The molecule has 0 amide bonds. The Labute approximate surface area is 120 Å². The summed E-state index contributed by atoms with van der Waals surface area (Å²) < 4.78 is 52.1. The van der Waals surface area contributed by atoms with Crippen molar-refractivity contribution in [2.75, 3.05) is 11.4 Å². The zero-order chi connectivity index (χ0) is 15.6. The van der Waals surface area contributed by atoms with E-state index in [-0.39, 0.29) is 11.3 Å². The SMILES string of the molecule is CN(c1cccc(C#N)c1)S(=O)(=O)c1ccc(F)cc1F. The smallest absolute Gasteiger partial charge is 0.266 e. The van der Waals surface area contributed by atoms with E-state index in [4.69, 9.17) is 5.26 Å². The van der Waals surface area contributed by atoms with Crippen LogP contribution in [0.2, 0.25) is 0 Å². The van der Waals surface area contributed by atoms with Crippen molar-refractivity contribution in [3.63, 3.8) is 0 Å². The maximum absolute atomic E-state index is 13.7. The quantitative estimate of drug-likeness (QED) is 0.876. The highest BCUT2D eigenvalue weighted by Gasteiger charge is 2.25. The van der Waals surface area contributed by atoms with Crippen LogP contribution in [0.25, 0.3) is 0 Å². The Bertz CT molecular complexity index is 829. The van der Waals surface area contributed by atoms with E-state index in [9.17, 15) is 17.2 Å². The lowest BCUT2D eigenvalue weighted by atomic mass is 10.2. The second kappa shape index (κ2) is 5.50. The molecule has 0 bridgehead atoms. The lowest BCUT2D eigenvalue weighted by molar-refractivity contribution is 0.548. The molecule has 2 aromatic carbocycles. The Morgan fingerprint density at radius 1 is 1.14 bits per heavy atom. The number of benzene rings is 2. The molecule has 0 heterocycles. The van der Waals surface area contributed by atoms with Gasteiger partial charge in [0.25, 0.3) is 10.0 Å². The standard InChI is InChI=1S/C14H10F2N2O2S/c1-18(12-4-2-3-10(7-12)9-17)21(19,20)14-6-5-11(15)8-13(14)16/h2-8H,1H3. The van der Waals surface area contributed by atoms with E-state index >= 15 is 0 Å². The van der Waals surface area contributed by atoms with E-state index in [1.54, 1.807) is 0 Å². The minimum absolute atomic E-state index is 0.206. The second-order valence-corrected chi connectivity index (χ2v) is 6.15. The number of hydrogen-bond donors (Lipinski definition) is 0. The van der Waals surface area contributed by atoms with Crippen molar-refractivity contribution < 1.29 is 17.2 Å². The van der Waals surface area contributed by atoms with Gasteiger partial charge in [-0.05, 0) is 30.3 Å². The van der Waals surface area contributed by atoms with Gasteiger partial charge < -0.3 is 0 Å². The molecule has 0 spiro atoms. The molecule has 0 saturated heterocycles. The minimum Gasteiger partial charge on any atom is -0.269 e. The van der Waals surface area contributed by atoms with E-state index in [1.807, 2.05) is 6.07 Å². The van der Waals surface area contributed by atoms with E-state index in [2.05, 4.69) is 0 Å². The molecule has 108 valence electrons. The van der Waals surface area contributed by atoms with E-state index in [1.165, 1.54) is 31.3 Å². The van der Waals surface area contributed by atoms with Gasteiger partial charge in [0.2, 0.25) is 0 Å². The number of sulfonamides is 1. The fourth-order valence-corrected chi connectivity index (χ4v) is 2.97. The van der Waals surface area contributed by atoms with Gasteiger partial charge in [-0.3, -0.25) is 4.31 Å². The molecule has 0 atom stereocenters. The highest BCUT2D eigenvalue weighted by Crippen LogP contribution is 2.24. The average Bonchev–Trinajstić information content (AvgIpc) is 2.46. The van der Waals surface area contributed by atoms with Crippen molar-refractivity contribution >= 4 is 15.7 Å². The summed E-state index contributed by atoms with van der Waals surface area (Å²) in [6.45, 7) is 0. The first-order chi connectivity index (χ1) is 9.86. The van der Waals surface area contributed by atoms with Gasteiger partial charge in [-0.25, -0.2) is 17.2 Å². The van der Waals surface area contributed by atoms with Crippen LogP contribution < -0.4 is 4.31 Å². The molecule has 0 N–H and O–H groups in total. The van der Waals surface area contributed by atoms with Crippen LogP contribution in [-0.2, 0) is 10.0 Å². The third kappa shape index (κ3) is 2.85. The molecule has 21 heavy (non-hydrogen) atoms. The Balaban J connectivity index is 2.50. The number of hydrogen-bond acceptors (Lipinski definition) is 3. The maximum atomic E-state index is 13.7. The number of halogens is 2. The van der Waals surface area contributed by atoms with Gasteiger partial charge in [0.15, 0.2) is 0 Å². The molecule has 0 aliphatic carbocycles. The average molecular weight is 308 g/mol. The zero-order valence-corrected chi connectivity index (χ0v) is 11.7. The third-order valence-corrected chi connectivity index (χ3v) is 4.69. The topological polar surface area (TPSA) is 61.2 Å². The number of nitriles is 1. The van der Waals surface area contributed by atoms with Crippen LogP contribution in [0.15, 0.2) is 47.4 Å². The first-order valence-corrected chi connectivity index (χ1v) is 7.24. The third-order valence-electron chi connectivity index (χ3n) is 2.87. The van der Waals surface area contributed by atoms with Crippen LogP contribution in [0, 0.1) is 23.0 Å². The Morgan fingerprint density at radius 3 is 2.48 bits per heavy atom. The summed E-state index contributed by atoms with van der Waals surface area (Å²) in [5.41, 5.74) is 0.479. The first-order valence-electron chi connectivity index (χ1n) is 5.80. The monoisotopic (exact) mass is 308 g/mol. The highest BCUT2D eigenvalue weighted by molar-refractivity contribution is 7.92. The molecule has 2 aromatic rings. The van der Waals surface area contributed by atoms with Crippen LogP contribution in [0.5, 0.6) is 0 Å². The summed E-state index contributed by atoms with van der Waals surface area (Å²) in [6.07, 6.45) is 0. The molecular formula is C14H10F2N2O2S. The Kier molecular flexibility index (Phi) is 3.91. The Morgan fingerprint density at radius 2 is 1.86 bits per heavy atom. The number of nitrogens with zero attached hydrogens (tertiary/aromatic N) is 2. The normalized spacial score (nSPS) is 11.0. The molecule has 4 nitrogen and oxygen atoms in total. The van der Waals surface area contributed by atoms with Crippen LogP contribution in [0.4, 0.5) is 14.5 Å². The van der Waals surface area contributed by atoms with E-state index in [0.29, 0.717) is 6.07 Å². The molecule has 0 aromatic heterocycles. The molecule has 0 radical (unpaired) electrons. The lowest BCUT2D eigenvalue weighted by Crippen LogP contribution is -2.27. The van der Waals surface area contributed by atoms with Gasteiger partial charge >= 0.3 is 0 Å². The fourth-order valence-electron chi connectivity index (χ4n) is 1.74. The molecule has 0 unspecified atom stereocenters. The van der Waals surface area contributed by atoms with Crippen LogP contribution in [0.1, 0.15) is 5.56 Å². The van der Waals surface area contributed by atoms with Crippen molar-refractivity contribution in [1.82, 2.24) is 0 Å². The molecule has 0 aliphatic rings. The summed E-state index contributed by atoms with van der Waals surface area (Å²) in [6, 6.07) is 9.99. The summed E-state index contributed by atoms with van der Waals surface area (Å²) in [7, 11) is -2.95. The van der Waals surface area contributed by atoms with Gasteiger partial charge in [0.05, 0.1) is 17.3 Å². The van der Waals surface area contributed by atoms with Crippen molar-refractivity contribution in [2.45, 2.75) is 4.90 Å². The number of rotatable bonds is 3. The molecule has 7 heteroatoms. The summed E-state index contributed by atoms with van der Waals surface area (Å²) >= 11 is 0. The largest absolute Gasteiger partial charge is 0.269 e. The van der Waals surface area contributed by atoms with E-state index in [0.717, 1.165) is 16.4 Å². The molecule has 0 saturated carbocycles. The summed E-state index contributed by atoms with van der Waals surface area (Å²) in [5.74, 6) is -2.03. The van der Waals surface area contributed by atoms with E-state index < -0.39 is 26.6 Å². The predicted octanol–water partition coefficient (Wildman–Crippen LogP) is 2.66. The second-order valence-electron chi connectivity index (χ2n) is 4.21. The van der Waals surface area contributed by atoms with Crippen molar-refractivity contribution in [3.8, 4) is 6.07 Å². The molecule has 2 rings (SSSR count). The van der Waals surface area contributed by atoms with Crippen LogP contribution >= 0.6 is 0 Å². The highest BCUT2D eigenvalue weighted by atomic mass is 32.2. The van der Waals surface area contributed by atoms with Crippen molar-refractivity contribution in [1.29, 1.82) is 5.26 Å². The van der Waals surface area contributed by atoms with Gasteiger partial charge in [0, 0.05) is 13.1 Å². The maximum Gasteiger partial charge on any atom is 0.266 e. The molecule has 0 aliphatic heterocycles. The molecular weight excluding hydrogens is 298 g/mol. The van der Waals surface area contributed by atoms with Crippen molar-refractivity contribution in [2.24, 2.45) is 0 Å². The molecule has 0 fully saturated rings. The van der Waals surface area contributed by atoms with Gasteiger partial charge in [0.1, 0.15) is 16.5 Å². The van der Waals surface area contributed by atoms with Crippen molar-refractivity contribution in [3.05, 3.63) is 59.7 Å². The summed E-state index contributed by atoms with van der Waals surface area (Å²) in [5, 5.41) is 8.82. The fraction of sp³-hybridized carbons (Fsp3) is 0.0714. The van der Waals surface area contributed by atoms with Gasteiger partial charge in [-0.2, -0.15) is 5.26 Å². The lowest BCUT2D eigenvalue weighted by Gasteiger charge is -2.20. The number of anilines is 1. The Hall–Kier alpha value is -2.46. The summed E-state index contributed by atoms with van der Waals surface area (Å²) in [4.78, 5) is -0.631. The van der Waals surface area contributed by atoms with Crippen LogP contribution in [0.3, 0.4) is 0 Å². The predicted molar refractivity (Wildman–Crippen MR) is 73.1 cm³/mol. The van der Waals surface area contributed by atoms with Gasteiger partial charge in [-0.1, -0.05) is 6.07 Å². The zero-order valence-electron chi connectivity index (χ0n) is 10.9. The minimum atomic E-state index is -4.18.